The number of hydrogen-bond donors (Lipinski definition) is 0. The van der Waals surface area contributed by atoms with Crippen LogP contribution in [-0.4, -0.2) is 66.7 Å². The Bertz CT molecular complexity index is 1090. The van der Waals surface area contributed by atoms with Gasteiger partial charge in [0.1, 0.15) is 29.5 Å². The highest BCUT2D eigenvalue weighted by Crippen LogP contribution is 2.23. The number of benzene rings is 2. The number of imidazole rings is 1. The zero-order chi connectivity index (χ0) is 25.2. The van der Waals surface area contributed by atoms with Crippen LogP contribution in [0.25, 0.3) is 0 Å². The van der Waals surface area contributed by atoms with Gasteiger partial charge in [0.15, 0.2) is 0 Å². The molecule has 0 amide bonds. The summed E-state index contributed by atoms with van der Waals surface area (Å²) in [6.45, 7) is 7.48. The minimum atomic E-state index is -0.572. The van der Waals surface area contributed by atoms with Gasteiger partial charge in [-0.1, -0.05) is 36.7 Å². The van der Waals surface area contributed by atoms with E-state index in [1.165, 1.54) is 5.56 Å². The van der Waals surface area contributed by atoms with Gasteiger partial charge in [-0.2, -0.15) is 0 Å². The van der Waals surface area contributed by atoms with Crippen molar-refractivity contribution >= 4 is 11.6 Å². The third-order valence-corrected chi connectivity index (χ3v) is 6.63. The predicted molar refractivity (Wildman–Crippen MR) is 141 cm³/mol. The molecule has 1 atom stereocenters. The van der Waals surface area contributed by atoms with E-state index >= 15 is 0 Å². The van der Waals surface area contributed by atoms with Crippen LogP contribution in [0.1, 0.15) is 24.7 Å². The van der Waals surface area contributed by atoms with Crippen LogP contribution in [0.3, 0.4) is 0 Å². The van der Waals surface area contributed by atoms with Crippen LogP contribution in [0.4, 0.5) is 0 Å². The Balaban J connectivity index is 1.31. The molecule has 0 N–H and O–H groups in total. The van der Waals surface area contributed by atoms with E-state index in [1.54, 1.807) is 7.11 Å². The highest BCUT2D eigenvalue weighted by molar-refractivity contribution is 6.30. The number of rotatable bonds is 12. The van der Waals surface area contributed by atoms with E-state index in [1.807, 2.05) is 42.7 Å². The molecule has 1 aliphatic rings. The fraction of sp³-hybridized carbons (Fsp3) is 0.464. The lowest BCUT2D eigenvalue weighted by Gasteiger charge is -2.34. The monoisotopic (exact) mass is 513 g/mol. The van der Waals surface area contributed by atoms with Gasteiger partial charge in [-0.05, 0) is 42.3 Å². The lowest BCUT2D eigenvalue weighted by molar-refractivity contribution is -0.0925. The van der Waals surface area contributed by atoms with Gasteiger partial charge in [0.25, 0.3) is 0 Å². The molecule has 0 unspecified atom stereocenters. The normalized spacial score (nSPS) is 18.6. The lowest BCUT2D eigenvalue weighted by atomic mass is 10.1. The number of ether oxygens (including phenoxy) is 4. The average molecular weight is 514 g/mol. The highest BCUT2D eigenvalue weighted by atomic mass is 35.5. The van der Waals surface area contributed by atoms with E-state index in [0.717, 1.165) is 49.8 Å². The molecule has 2 heterocycles. The summed E-state index contributed by atoms with van der Waals surface area (Å²) in [7, 11) is 1.72. The maximum absolute atomic E-state index is 6.10. The van der Waals surface area contributed by atoms with Crippen molar-refractivity contribution in [3.05, 3.63) is 77.3 Å². The van der Waals surface area contributed by atoms with Crippen molar-refractivity contribution in [1.82, 2.24) is 14.5 Å². The molecule has 0 bridgehead atoms. The van der Waals surface area contributed by atoms with Crippen molar-refractivity contribution in [2.45, 2.75) is 38.5 Å². The van der Waals surface area contributed by atoms with Gasteiger partial charge >= 0.3 is 0 Å². The van der Waals surface area contributed by atoms with Gasteiger partial charge in [-0.3, -0.25) is 4.90 Å². The van der Waals surface area contributed by atoms with Crippen LogP contribution in [-0.2, 0) is 29.0 Å². The standard InChI is InChI=1S/C28H36ClN3O4/c1-3-27-30-11-13-32(27)12-6-15-35-25-9-4-7-23(17-25)19-31-14-16-34-21-28(20-31,33-2)22-36-26-10-5-8-24(29)18-26/h4-5,7-11,13,17-18H,3,6,12,14-16,19-22H2,1-2H3/t28-/m1/s1. The first-order valence-corrected chi connectivity index (χ1v) is 12.9. The predicted octanol–water partition coefficient (Wildman–Crippen LogP) is 4.86. The second-order valence-corrected chi connectivity index (χ2v) is 9.57. The van der Waals surface area contributed by atoms with E-state index in [9.17, 15) is 0 Å². The van der Waals surface area contributed by atoms with Crippen LogP contribution in [0.2, 0.25) is 5.02 Å². The minimum Gasteiger partial charge on any atom is -0.494 e. The Morgan fingerprint density at radius 2 is 1.94 bits per heavy atom. The van der Waals surface area contributed by atoms with Crippen LogP contribution >= 0.6 is 11.6 Å². The van der Waals surface area contributed by atoms with Gasteiger partial charge < -0.3 is 23.5 Å². The van der Waals surface area contributed by atoms with Crippen LogP contribution in [0.5, 0.6) is 11.5 Å². The van der Waals surface area contributed by atoms with E-state index in [0.29, 0.717) is 38.0 Å². The van der Waals surface area contributed by atoms with Crippen LogP contribution in [0.15, 0.2) is 60.9 Å². The second-order valence-electron chi connectivity index (χ2n) is 9.14. The topological polar surface area (TPSA) is 58.0 Å². The molecule has 8 heteroatoms. The van der Waals surface area contributed by atoms with Gasteiger partial charge in [0.2, 0.25) is 0 Å². The van der Waals surface area contributed by atoms with Crippen molar-refractivity contribution < 1.29 is 18.9 Å². The van der Waals surface area contributed by atoms with E-state index in [4.69, 9.17) is 30.5 Å². The first kappa shape index (κ1) is 26.5. The molecule has 0 aliphatic carbocycles. The molecule has 1 aliphatic heterocycles. The van der Waals surface area contributed by atoms with E-state index < -0.39 is 5.60 Å². The summed E-state index contributed by atoms with van der Waals surface area (Å²) >= 11 is 6.10. The van der Waals surface area contributed by atoms with E-state index in [2.05, 4.69) is 39.6 Å². The van der Waals surface area contributed by atoms with Gasteiger partial charge in [-0.15, -0.1) is 0 Å². The largest absolute Gasteiger partial charge is 0.494 e. The Kier molecular flexibility index (Phi) is 9.64. The SMILES string of the molecule is CCc1nccn1CCCOc1cccc(CN2CCOC[C@](COc3cccc(Cl)c3)(OC)C2)c1. The average Bonchev–Trinajstić information content (AvgIpc) is 3.25. The van der Waals surface area contributed by atoms with E-state index in [-0.39, 0.29) is 0 Å². The summed E-state index contributed by atoms with van der Waals surface area (Å²) in [6.07, 6.45) is 5.76. The third kappa shape index (κ3) is 7.46. The first-order valence-electron chi connectivity index (χ1n) is 12.5. The zero-order valence-electron chi connectivity index (χ0n) is 21.2. The molecule has 1 fully saturated rings. The van der Waals surface area contributed by atoms with Crippen molar-refractivity contribution in [2.75, 3.05) is 46.6 Å². The quantitative estimate of drug-likeness (QED) is 0.322. The van der Waals surface area contributed by atoms with Crippen LogP contribution in [0, 0.1) is 0 Å². The van der Waals surface area contributed by atoms with Crippen molar-refractivity contribution in [2.24, 2.45) is 0 Å². The Morgan fingerprint density at radius 1 is 1.11 bits per heavy atom. The van der Waals surface area contributed by atoms with Crippen molar-refractivity contribution in [3.8, 4) is 11.5 Å². The molecule has 1 saturated heterocycles. The second kappa shape index (κ2) is 13.1. The highest BCUT2D eigenvalue weighted by Gasteiger charge is 2.36. The number of aryl methyl sites for hydroxylation is 2. The molecular weight excluding hydrogens is 478 g/mol. The number of methoxy groups -OCH3 is 1. The summed E-state index contributed by atoms with van der Waals surface area (Å²) in [6, 6.07) is 15.7. The zero-order valence-corrected chi connectivity index (χ0v) is 22.0. The molecule has 36 heavy (non-hydrogen) atoms. The third-order valence-electron chi connectivity index (χ3n) is 6.39. The number of aromatic nitrogens is 2. The Morgan fingerprint density at radius 3 is 2.75 bits per heavy atom. The molecule has 4 rings (SSSR count). The van der Waals surface area contributed by atoms with Crippen molar-refractivity contribution in [1.29, 1.82) is 0 Å². The van der Waals surface area contributed by atoms with Crippen LogP contribution < -0.4 is 9.47 Å². The minimum absolute atomic E-state index is 0.375. The lowest BCUT2D eigenvalue weighted by Crippen LogP contribution is -2.50. The van der Waals surface area contributed by atoms with Gasteiger partial charge in [0, 0.05) is 57.1 Å². The fourth-order valence-electron chi connectivity index (χ4n) is 4.44. The van der Waals surface area contributed by atoms with Gasteiger partial charge in [0.05, 0.1) is 19.8 Å². The molecule has 0 spiro atoms. The summed E-state index contributed by atoms with van der Waals surface area (Å²) in [5.74, 6) is 2.73. The molecule has 1 aromatic heterocycles. The Hall–Kier alpha value is -2.58. The molecule has 0 radical (unpaired) electrons. The maximum atomic E-state index is 6.10. The summed E-state index contributed by atoms with van der Waals surface area (Å²) < 4.78 is 26.2. The smallest absolute Gasteiger partial charge is 0.137 e. The van der Waals surface area contributed by atoms with Crippen molar-refractivity contribution in [3.63, 3.8) is 0 Å². The summed E-state index contributed by atoms with van der Waals surface area (Å²) in [5.41, 5.74) is 0.621. The molecule has 7 nitrogen and oxygen atoms in total. The Labute approximate surface area is 218 Å². The molecule has 3 aromatic rings. The first-order chi connectivity index (χ1) is 17.6. The maximum Gasteiger partial charge on any atom is 0.137 e. The molecule has 2 aromatic carbocycles. The number of nitrogens with zero attached hydrogens (tertiary/aromatic N) is 3. The number of halogens is 1. The molecule has 194 valence electrons. The fourth-order valence-corrected chi connectivity index (χ4v) is 4.62. The summed E-state index contributed by atoms with van der Waals surface area (Å²) in [5, 5.41) is 0.646. The summed E-state index contributed by atoms with van der Waals surface area (Å²) in [4.78, 5) is 6.73. The molecule has 0 saturated carbocycles. The number of hydrogen-bond acceptors (Lipinski definition) is 6. The molecular formula is C28H36ClN3O4. The van der Waals surface area contributed by atoms with Gasteiger partial charge in [-0.25, -0.2) is 4.98 Å².